The minimum atomic E-state index is -4.36. The summed E-state index contributed by atoms with van der Waals surface area (Å²) < 4.78 is 28.5. The van der Waals surface area contributed by atoms with Crippen molar-refractivity contribution in [3.63, 3.8) is 0 Å². The molecule has 0 bridgehead atoms. The first-order valence-electron chi connectivity index (χ1n) is 14.5. The number of hydrogen-bond acceptors (Lipinski definition) is 9. The standard InChI is InChI=1S/C30H45N5O5S/c1-18-16-30(5,6)35(17-18)27-21(28(38)34-41(39,40)23-14-10-13-22(31)32-23)15-20(26(33-27)29(2,3)4)25(37)24(36)19-11-8-7-9-12-19/h10,13-15,18-19,24-25,36-37H,7-9,11-12,16-17H2,1-6H3,(H2,31,32)(H,34,38)/t18-,24?,25?/m0/s1. The Labute approximate surface area is 243 Å². The number of hydrogen-bond donors (Lipinski definition) is 4. The largest absolute Gasteiger partial charge is 0.390 e. The number of aliphatic hydroxyl groups is 2. The Morgan fingerprint density at radius 3 is 2.37 bits per heavy atom. The molecule has 4 rings (SSSR count). The zero-order chi connectivity index (χ0) is 30.3. The van der Waals surface area contributed by atoms with E-state index in [0.29, 0.717) is 29.5 Å². The van der Waals surface area contributed by atoms with Crippen LogP contribution in [0, 0.1) is 11.8 Å². The highest BCUT2D eigenvalue weighted by Crippen LogP contribution is 2.42. The fourth-order valence-electron chi connectivity index (χ4n) is 6.40. The minimum absolute atomic E-state index is 0.00659. The van der Waals surface area contributed by atoms with Crippen LogP contribution in [-0.4, -0.2) is 52.7 Å². The number of rotatable bonds is 7. The van der Waals surface area contributed by atoms with E-state index in [1.54, 1.807) is 0 Å². The van der Waals surface area contributed by atoms with Crippen LogP contribution in [0.2, 0.25) is 0 Å². The maximum Gasteiger partial charge on any atom is 0.281 e. The van der Waals surface area contributed by atoms with Crippen molar-refractivity contribution < 1.29 is 23.4 Å². The van der Waals surface area contributed by atoms with Crippen LogP contribution in [-0.2, 0) is 15.4 Å². The third kappa shape index (κ3) is 6.67. The summed E-state index contributed by atoms with van der Waals surface area (Å²) in [5.74, 6) is -0.294. The number of pyridine rings is 2. The molecule has 2 unspecified atom stereocenters. The molecule has 1 saturated heterocycles. The molecule has 2 aromatic heterocycles. The van der Waals surface area contributed by atoms with Crippen LogP contribution in [0.4, 0.5) is 11.6 Å². The van der Waals surface area contributed by atoms with Gasteiger partial charge in [-0.1, -0.05) is 53.0 Å². The SMILES string of the molecule is C[C@@H]1CN(c2nc(C(C)(C)C)c(C(O)C(O)C3CCCCC3)cc2C(=O)NS(=O)(=O)c2cccc(N)n2)C(C)(C)C1. The molecule has 10 nitrogen and oxygen atoms in total. The smallest absolute Gasteiger partial charge is 0.281 e. The Hall–Kier alpha value is -2.76. The summed E-state index contributed by atoms with van der Waals surface area (Å²) in [7, 11) is -4.36. The molecular formula is C30H45N5O5S. The molecule has 11 heteroatoms. The molecule has 5 N–H and O–H groups in total. The summed E-state index contributed by atoms with van der Waals surface area (Å²) in [6.07, 6.45) is 3.24. The average Bonchev–Trinajstić information content (AvgIpc) is 3.18. The molecule has 2 aliphatic rings. The fraction of sp³-hybridized carbons (Fsp3) is 0.633. The van der Waals surface area contributed by atoms with Crippen molar-refractivity contribution in [1.82, 2.24) is 14.7 Å². The number of nitrogen functional groups attached to an aromatic ring is 1. The maximum absolute atomic E-state index is 13.8. The van der Waals surface area contributed by atoms with E-state index in [4.69, 9.17) is 10.7 Å². The average molecular weight is 588 g/mol. The molecule has 3 heterocycles. The first-order chi connectivity index (χ1) is 19.0. The minimum Gasteiger partial charge on any atom is -0.390 e. The second-order valence-electron chi connectivity index (χ2n) is 13.4. The van der Waals surface area contributed by atoms with Crippen LogP contribution in [0.15, 0.2) is 29.3 Å². The monoisotopic (exact) mass is 587 g/mol. The molecule has 1 aliphatic carbocycles. The van der Waals surface area contributed by atoms with E-state index in [0.717, 1.165) is 38.5 Å². The number of nitrogens with two attached hydrogens (primary N) is 1. The highest BCUT2D eigenvalue weighted by atomic mass is 32.2. The van der Waals surface area contributed by atoms with E-state index in [-0.39, 0.29) is 27.9 Å². The van der Waals surface area contributed by atoms with Crippen molar-refractivity contribution in [3.05, 3.63) is 41.1 Å². The van der Waals surface area contributed by atoms with Gasteiger partial charge < -0.3 is 20.8 Å². The normalized spacial score (nSPS) is 21.5. The first kappa shape index (κ1) is 31.2. The van der Waals surface area contributed by atoms with Crippen LogP contribution < -0.4 is 15.4 Å². The first-order valence-corrected chi connectivity index (χ1v) is 16.0. The zero-order valence-electron chi connectivity index (χ0n) is 25.0. The second kappa shape index (κ2) is 11.5. The quantitative estimate of drug-likeness (QED) is 0.374. The number of aromatic nitrogens is 2. The van der Waals surface area contributed by atoms with Crippen LogP contribution in [0.5, 0.6) is 0 Å². The Balaban J connectivity index is 1.86. The van der Waals surface area contributed by atoms with Crippen molar-refractivity contribution in [3.8, 4) is 0 Å². The van der Waals surface area contributed by atoms with Gasteiger partial charge in [-0.3, -0.25) is 4.79 Å². The zero-order valence-corrected chi connectivity index (χ0v) is 25.8. The van der Waals surface area contributed by atoms with E-state index in [9.17, 15) is 23.4 Å². The molecule has 0 radical (unpaired) electrons. The Kier molecular flexibility index (Phi) is 8.74. The summed E-state index contributed by atoms with van der Waals surface area (Å²) in [5.41, 5.74) is 5.69. The second-order valence-corrected chi connectivity index (χ2v) is 15.1. The summed E-state index contributed by atoms with van der Waals surface area (Å²) in [4.78, 5) is 24.8. The van der Waals surface area contributed by atoms with Crippen molar-refractivity contribution in [2.45, 2.75) is 108 Å². The Morgan fingerprint density at radius 1 is 1.15 bits per heavy atom. The predicted octanol–water partition coefficient (Wildman–Crippen LogP) is 4.07. The number of anilines is 2. The van der Waals surface area contributed by atoms with Crippen molar-refractivity contribution in [2.75, 3.05) is 17.2 Å². The fourth-order valence-corrected chi connectivity index (χ4v) is 7.35. The van der Waals surface area contributed by atoms with Crippen LogP contribution in [0.25, 0.3) is 0 Å². The summed E-state index contributed by atoms with van der Waals surface area (Å²) in [6.45, 7) is 12.8. The number of amides is 1. The van der Waals surface area contributed by atoms with Crippen molar-refractivity contribution in [1.29, 1.82) is 0 Å². The van der Waals surface area contributed by atoms with Crippen LogP contribution >= 0.6 is 0 Å². The summed E-state index contributed by atoms with van der Waals surface area (Å²) in [5, 5.41) is 22.4. The molecule has 1 saturated carbocycles. The Morgan fingerprint density at radius 2 is 1.80 bits per heavy atom. The van der Waals surface area contributed by atoms with Crippen LogP contribution in [0.1, 0.15) is 108 Å². The van der Waals surface area contributed by atoms with Gasteiger partial charge in [0.1, 0.15) is 17.7 Å². The highest BCUT2D eigenvalue weighted by molar-refractivity contribution is 7.90. The lowest BCUT2D eigenvalue weighted by Gasteiger charge is -2.37. The van der Waals surface area contributed by atoms with E-state index >= 15 is 0 Å². The van der Waals surface area contributed by atoms with Crippen LogP contribution in [0.3, 0.4) is 0 Å². The van der Waals surface area contributed by atoms with Gasteiger partial charge in [-0.25, -0.2) is 14.7 Å². The molecule has 3 atom stereocenters. The topological polar surface area (TPSA) is 159 Å². The number of sulfonamides is 1. The molecule has 0 aromatic carbocycles. The lowest BCUT2D eigenvalue weighted by molar-refractivity contribution is -0.0295. The maximum atomic E-state index is 13.8. The lowest BCUT2D eigenvalue weighted by Crippen LogP contribution is -2.42. The molecule has 0 spiro atoms. The van der Waals surface area contributed by atoms with E-state index in [1.165, 1.54) is 24.3 Å². The van der Waals surface area contributed by atoms with E-state index in [1.807, 2.05) is 25.7 Å². The van der Waals surface area contributed by atoms with Gasteiger partial charge in [0.15, 0.2) is 5.03 Å². The predicted molar refractivity (Wildman–Crippen MR) is 159 cm³/mol. The summed E-state index contributed by atoms with van der Waals surface area (Å²) >= 11 is 0. The van der Waals surface area contributed by atoms with Crippen molar-refractivity contribution >= 4 is 27.6 Å². The van der Waals surface area contributed by atoms with Gasteiger partial charge in [0.2, 0.25) is 0 Å². The van der Waals surface area contributed by atoms with Crippen molar-refractivity contribution in [2.24, 2.45) is 11.8 Å². The van der Waals surface area contributed by atoms with Gasteiger partial charge in [0, 0.05) is 23.1 Å². The van der Waals surface area contributed by atoms with E-state index in [2.05, 4.69) is 30.5 Å². The molecule has 226 valence electrons. The molecule has 1 aliphatic heterocycles. The molecule has 2 aromatic rings. The number of nitrogens with zero attached hydrogens (tertiary/aromatic N) is 3. The third-order valence-corrected chi connectivity index (χ3v) is 9.57. The van der Waals surface area contributed by atoms with Gasteiger partial charge >= 0.3 is 0 Å². The van der Waals surface area contributed by atoms with Gasteiger partial charge in [0.05, 0.1) is 17.4 Å². The van der Waals surface area contributed by atoms with Gasteiger partial charge in [0.25, 0.3) is 15.9 Å². The Bertz CT molecular complexity index is 1380. The summed E-state index contributed by atoms with van der Waals surface area (Å²) in [6, 6.07) is 5.68. The number of nitrogens with one attached hydrogen (secondary N) is 1. The number of aliphatic hydroxyl groups excluding tert-OH is 2. The van der Waals surface area contributed by atoms with E-state index < -0.39 is 33.6 Å². The molecule has 1 amide bonds. The number of carbonyl (C=O) groups excluding carboxylic acids is 1. The highest BCUT2D eigenvalue weighted by Gasteiger charge is 2.41. The van der Waals surface area contributed by atoms with Gasteiger partial charge in [-0.2, -0.15) is 8.42 Å². The lowest BCUT2D eigenvalue weighted by atomic mass is 9.79. The van der Waals surface area contributed by atoms with Gasteiger partial charge in [-0.15, -0.1) is 0 Å². The molecule has 2 fully saturated rings. The van der Waals surface area contributed by atoms with Gasteiger partial charge in [-0.05, 0) is 63.1 Å². The molecule has 41 heavy (non-hydrogen) atoms. The third-order valence-electron chi connectivity index (χ3n) is 8.34. The molecular weight excluding hydrogens is 542 g/mol. The number of carbonyl (C=O) groups is 1.